The molecule has 0 atom stereocenters. The molecular formula is C11H18N6S. The van der Waals surface area contributed by atoms with Crippen molar-refractivity contribution in [3.63, 3.8) is 0 Å². The van der Waals surface area contributed by atoms with E-state index in [2.05, 4.69) is 26.0 Å². The molecule has 2 aromatic rings. The van der Waals surface area contributed by atoms with Crippen LogP contribution in [0.2, 0.25) is 0 Å². The van der Waals surface area contributed by atoms with E-state index < -0.39 is 0 Å². The third-order valence-electron chi connectivity index (χ3n) is 2.43. The summed E-state index contributed by atoms with van der Waals surface area (Å²) in [5, 5.41) is 14.6. The lowest BCUT2D eigenvalue weighted by Crippen LogP contribution is -2.17. The zero-order valence-corrected chi connectivity index (χ0v) is 11.3. The van der Waals surface area contributed by atoms with Crippen molar-refractivity contribution in [1.82, 2.24) is 25.3 Å². The van der Waals surface area contributed by atoms with E-state index in [9.17, 15) is 0 Å². The number of hydrogen-bond acceptors (Lipinski definition) is 6. The van der Waals surface area contributed by atoms with Crippen LogP contribution in [0.25, 0.3) is 0 Å². The van der Waals surface area contributed by atoms with Crippen LogP contribution >= 0.6 is 11.3 Å². The maximum Gasteiger partial charge on any atom is 0.0964 e. The van der Waals surface area contributed by atoms with Gasteiger partial charge in [-0.05, 0) is 6.92 Å². The molecule has 0 saturated heterocycles. The van der Waals surface area contributed by atoms with Crippen LogP contribution in [0, 0.1) is 6.92 Å². The first-order valence-electron chi connectivity index (χ1n) is 5.98. The van der Waals surface area contributed by atoms with E-state index in [0.29, 0.717) is 13.1 Å². The van der Waals surface area contributed by atoms with Crippen molar-refractivity contribution in [3.8, 4) is 0 Å². The second kappa shape index (κ2) is 6.58. The molecule has 0 bridgehead atoms. The molecule has 2 aromatic heterocycles. The molecule has 0 aliphatic carbocycles. The first-order chi connectivity index (χ1) is 8.78. The Bertz CT molecular complexity index is 477. The summed E-state index contributed by atoms with van der Waals surface area (Å²) in [6.45, 7) is 4.94. The zero-order valence-electron chi connectivity index (χ0n) is 10.5. The number of thiazole rings is 1. The number of aryl methyl sites for hydroxylation is 1. The van der Waals surface area contributed by atoms with Crippen LogP contribution in [0.3, 0.4) is 0 Å². The molecule has 0 saturated carbocycles. The largest absolute Gasteiger partial charge is 0.329 e. The highest BCUT2D eigenvalue weighted by Crippen LogP contribution is 2.08. The average Bonchev–Trinajstić information content (AvgIpc) is 2.95. The van der Waals surface area contributed by atoms with Gasteiger partial charge in [-0.25, -0.2) is 4.98 Å². The van der Waals surface area contributed by atoms with E-state index in [0.717, 1.165) is 30.9 Å². The van der Waals surface area contributed by atoms with Crippen LogP contribution in [0.4, 0.5) is 0 Å². The summed E-state index contributed by atoms with van der Waals surface area (Å²) in [7, 11) is 0. The standard InChI is InChI=1S/C11H18N6S/c1-9-8-18-11(14-9)2-4-13-6-10-7-17(5-3-12)16-15-10/h7-8,13H,2-6,12H2,1H3. The number of rotatable bonds is 7. The van der Waals surface area contributed by atoms with E-state index in [-0.39, 0.29) is 0 Å². The minimum atomic E-state index is 0.583. The lowest BCUT2D eigenvalue weighted by molar-refractivity contribution is 0.598. The fourth-order valence-electron chi connectivity index (χ4n) is 1.59. The average molecular weight is 266 g/mol. The van der Waals surface area contributed by atoms with Crippen molar-refractivity contribution in [2.45, 2.75) is 26.4 Å². The Morgan fingerprint density at radius 2 is 2.39 bits per heavy atom. The highest BCUT2D eigenvalue weighted by molar-refractivity contribution is 7.09. The second-order valence-corrected chi connectivity index (χ2v) is 5.01. The molecule has 2 rings (SSSR count). The van der Waals surface area contributed by atoms with Gasteiger partial charge in [-0.15, -0.1) is 16.4 Å². The van der Waals surface area contributed by atoms with Crippen LogP contribution in [0.15, 0.2) is 11.6 Å². The van der Waals surface area contributed by atoms with Crippen molar-refractivity contribution in [2.75, 3.05) is 13.1 Å². The van der Waals surface area contributed by atoms with Crippen LogP contribution in [-0.4, -0.2) is 33.1 Å². The fraction of sp³-hybridized carbons (Fsp3) is 0.545. The maximum atomic E-state index is 5.45. The molecule has 0 aliphatic rings. The number of hydrogen-bond donors (Lipinski definition) is 2. The predicted octanol–water partition coefficient (Wildman–Crippen LogP) is 0.334. The Labute approximate surface area is 110 Å². The lowest BCUT2D eigenvalue weighted by Gasteiger charge is -1.99. The van der Waals surface area contributed by atoms with Gasteiger partial charge in [-0.1, -0.05) is 5.21 Å². The van der Waals surface area contributed by atoms with Crippen molar-refractivity contribution in [2.24, 2.45) is 5.73 Å². The predicted molar refractivity (Wildman–Crippen MR) is 71.3 cm³/mol. The minimum Gasteiger partial charge on any atom is -0.329 e. The highest BCUT2D eigenvalue weighted by Gasteiger charge is 2.01. The topological polar surface area (TPSA) is 81.7 Å². The molecule has 18 heavy (non-hydrogen) atoms. The quantitative estimate of drug-likeness (QED) is 0.706. The molecule has 0 amide bonds. The summed E-state index contributed by atoms with van der Waals surface area (Å²) in [5.74, 6) is 0. The van der Waals surface area contributed by atoms with Gasteiger partial charge in [-0.3, -0.25) is 4.68 Å². The van der Waals surface area contributed by atoms with E-state index in [1.54, 1.807) is 16.0 Å². The summed E-state index contributed by atoms with van der Waals surface area (Å²) in [6.07, 6.45) is 2.88. The first kappa shape index (κ1) is 13.1. The lowest BCUT2D eigenvalue weighted by atomic mass is 10.4. The molecule has 0 fully saturated rings. The molecule has 0 spiro atoms. The van der Waals surface area contributed by atoms with Gasteiger partial charge in [0.15, 0.2) is 0 Å². The molecule has 3 N–H and O–H groups in total. The maximum absolute atomic E-state index is 5.45. The SMILES string of the molecule is Cc1csc(CCNCc2cn(CCN)nn2)n1. The van der Waals surface area contributed by atoms with Crippen molar-refractivity contribution in [3.05, 3.63) is 28.0 Å². The van der Waals surface area contributed by atoms with Gasteiger partial charge < -0.3 is 11.1 Å². The monoisotopic (exact) mass is 266 g/mol. The van der Waals surface area contributed by atoms with Crippen molar-refractivity contribution < 1.29 is 0 Å². The summed E-state index contributed by atoms with van der Waals surface area (Å²) in [4.78, 5) is 4.42. The van der Waals surface area contributed by atoms with Crippen molar-refractivity contribution >= 4 is 11.3 Å². The van der Waals surface area contributed by atoms with Crippen molar-refractivity contribution in [1.29, 1.82) is 0 Å². The van der Waals surface area contributed by atoms with Gasteiger partial charge in [-0.2, -0.15) is 0 Å². The van der Waals surface area contributed by atoms with Crippen LogP contribution < -0.4 is 11.1 Å². The van der Waals surface area contributed by atoms with Gasteiger partial charge >= 0.3 is 0 Å². The summed E-state index contributed by atoms with van der Waals surface area (Å²) in [6, 6.07) is 0. The van der Waals surface area contributed by atoms with Gasteiger partial charge in [0.25, 0.3) is 0 Å². The summed E-state index contributed by atoms with van der Waals surface area (Å²) >= 11 is 1.71. The second-order valence-electron chi connectivity index (χ2n) is 4.07. The summed E-state index contributed by atoms with van der Waals surface area (Å²) in [5.41, 5.74) is 7.49. The van der Waals surface area contributed by atoms with E-state index in [4.69, 9.17) is 5.73 Å². The van der Waals surface area contributed by atoms with Crippen LogP contribution in [0.5, 0.6) is 0 Å². The van der Waals surface area contributed by atoms with Crippen LogP contribution in [0.1, 0.15) is 16.4 Å². The third kappa shape index (κ3) is 3.86. The Morgan fingerprint density at radius 1 is 1.50 bits per heavy atom. The molecular weight excluding hydrogens is 248 g/mol. The van der Waals surface area contributed by atoms with Gasteiger partial charge in [0, 0.05) is 43.3 Å². The first-order valence-corrected chi connectivity index (χ1v) is 6.86. The molecule has 0 radical (unpaired) electrons. The molecule has 98 valence electrons. The van der Waals surface area contributed by atoms with Gasteiger partial charge in [0.1, 0.15) is 0 Å². The molecule has 0 aliphatic heterocycles. The molecule has 6 nitrogen and oxygen atoms in total. The Hall–Kier alpha value is -1.31. The third-order valence-corrected chi connectivity index (χ3v) is 3.46. The smallest absolute Gasteiger partial charge is 0.0964 e. The number of aromatic nitrogens is 4. The Morgan fingerprint density at radius 3 is 3.11 bits per heavy atom. The Balaban J connectivity index is 1.68. The van der Waals surface area contributed by atoms with E-state index >= 15 is 0 Å². The van der Waals surface area contributed by atoms with Gasteiger partial charge in [0.2, 0.25) is 0 Å². The molecule has 0 unspecified atom stereocenters. The Kier molecular flexibility index (Phi) is 4.80. The molecule has 2 heterocycles. The minimum absolute atomic E-state index is 0.583. The number of nitrogens with two attached hydrogens (primary N) is 1. The van der Waals surface area contributed by atoms with Crippen LogP contribution in [-0.2, 0) is 19.5 Å². The van der Waals surface area contributed by atoms with E-state index in [1.165, 1.54) is 5.01 Å². The number of nitrogens with zero attached hydrogens (tertiary/aromatic N) is 4. The number of nitrogens with one attached hydrogen (secondary N) is 1. The van der Waals surface area contributed by atoms with E-state index in [1.807, 2.05) is 13.1 Å². The summed E-state index contributed by atoms with van der Waals surface area (Å²) < 4.78 is 1.77. The fourth-order valence-corrected chi connectivity index (χ4v) is 2.37. The highest BCUT2D eigenvalue weighted by atomic mass is 32.1. The zero-order chi connectivity index (χ0) is 12.8. The molecule has 0 aromatic carbocycles. The van der Waals surface area contributed by atoms with Gasteiger partial charge in [0.05, 0.1) is 17.2 Å². The normalized spacial score (nSPS) is 11.0. The molecule has 7 heteroatoms.